The zero-order valence-corrected chi connectivity index (χ0v) is 12.2. The van der Waals surface area contributed by atoms with E-state index < -0.39 is 23.0 Å². The first-order valence-electron chi connectivity index (χ1n) is 6.29. The minimum absolute atomic E-state index is 0.108. The lowest BCUT2D eigenvalue weighted by molar-refractivity contribution is 0.0562. The van der Waals surface area contributed by atoms with Crippen LogP contribution in [0.5, 0.6) is 0 Å². The van der Waals surface area contributed by atoms with Crippen molar-refractivity contribution in [3.8, 4) is 11.5 Å². The van der Waals surface area contributed by atoms with E-state index in [2.05, 4.69) is 9.72 Å². The Morgan fingerprint density at radius 2 is 1.95 bits per heavy atom. The van der Waals surface area contributed by atoms with Crippen LogP contribution in [0, 0.1) is 11.6 Å². The number of ether oxygens (including phenoxy) is 1. The number of hydrogen-bond donors (Lipinski definition) is 0. The first-order chi connectivity index (χ1) is 9.75. The fourth-order valence-electron chi connectivity index (χ4n) is 1.84. The first kappa shape index (κ1) is 15.2. The molecule has 6 heteroatoms. The minimum atomic E-state index is -1.07. The normalized spacial score (nSPS) is 11.5. The molecule has 0 saturated carbocycles. The van der Waals surface area contributed by atoms with E-state index in [-0.39, 0.29) is 17.2 Å². The molecule has 1 heterocycles. The number of benzene rings is 1. The van der Waals surface area contributed by atoms with Crippen molar-refractivity contribution in [2.75, 3.05) is 7.11 Å². The molecule has 21 heavy (non-hydrogen) atoms. The van der Waals surface area contributed by atoms with Gasteiger partial charge in [-0.3, -0.25) is 0 Å². The quantitative estimate of drug-likeness (QED) is 0.793. The van der Waals surface area contributed by atoms with Crippen LogP contribution in [-0.2, 0) is 10.2 Å². The number of rotatable bonds is 2. The Morgan fingerprint density at radius 3 is 2.52 bits per heavy atom. The zero-order valence-electron chi connectivity index (χ0n) is 12.2. The molecular weight excluding hydrogens is 280 g/mol. The summed E-state index contributed by atoms with van der Waals surface area (Å²) >= 11 is 0. The van der Waals surface area contributed by atoms with E-state index in [9.17, 15) is 13.6 Å². The summed E-state index contributed by atoms with van der Waals surface area (Å²) in [6.07, 6.45) is 0. The number of oxazole rings is 1. The summed E-state index contributed by atoms with van der Waals surface area (Å²) in [5.74, 6) is -3.06. The van der Waals surface area contributed by atoms with Crippen molar-refractivity contribution >= 4 is 5.97 Å². The molecule has 1 aromatic carbocycles. The van der Waals surface area contributed by atoms with Crippen LogP contribution in [0.2, 0.25) is 0 Å². The average molecular weight is 295 g/mol. The maximum absolute atomic E-state index is 13.8. The van der Waals surface area contributed by atoms with Crippen LogP contribution in [0.15, 0.2) is 22.6 Å². The molecule has 0 aliphatic rings. The molecule has 2 aromatic rings. The summed E-state index contributed by atoms with van der Waals surface area (Å²) < 4.78 is 37.1. The maximum Gasteiger partial charge on any atom is 0.376 e. The molecule has 0 bridgehead atoms. The Morgan fingerprint density at radius 1 is 1.29 bits per heavy atom. The zero-order chi connectivity index (χ0) is 15.8. The molecule has 0 aliphatic heterocycles. The van der Waals surface area contributed by atoms with Crippen LogP contribution in [-0.4, -0.2) is 18.1 Å². The molecule has 0 N–H and O–H groups in total. The first-order valence-corrected chi connectivity index (χ1v) is 6.29. The van der Waals surface area contributed by atoms with E-state index in [1.165, 1.54) is 19.2 Å². The second kappa shape index (κ2) is 5.27. The van der Waals surface area contributed by atoms with Crippen molar-refractivity contribution in [2.45, 2.75) is 26.2 Å². The number of nitrogens with zero attached hydrogens (tertiary/aromatic N) is 1. The highest BCUT2D eigenvalue weighted by Gasteiger charge is 2.30. The number of aromatic nitrogens is 1. The largest absolute Gasteiger partial charge is 0.463 e. The van der Waals surface area contributed by atoms with E-state index in [4.69, 9.17) is 4.42 Å². The lowest BCUT2D eigenvalue weighted by atomic mass is 9.91. The monoisotopic (exact) mass is 295 g/mol. The van der Waals surface area contributed by atoms with Gasteiger partial charge in [-0.2, -0.15) is 0 Å². The second-order valence-electron chi connectivity index (χ2n) is 5.54. The smallest absolute Gasteiger partial charge is 0.376 e. The van der Waals surface area contributed by atoms with E-state index in [1.54, 1.807) is 0 Å². The molecule has 0 unspecified atom stereocenters. The third kappa shape index (κ3) is 2.79. The third-order valence-corrected chi connectivity index (χ3v) is 2.89. The van der Waals surface area contributed by atoms with Crippen LogP contribution in [0.4, 0.5) is 8.78 Å². The molecule has 0 aliphatic carbocycles. The summed E-state index contributed by atoms with van der Waals surface area (Å²) in [6.45, 7) is 5.47. The predicted molar refractivity (Wildman–Crippen MR) is 71.9 cm³/mol. The molecule has 0 amide bonds. The van der Waals surface area contributed by atoms with Crippen molar-refractivity contribution in [1.82, 2.24) is 4.98 Å². The van der Waals surface area contributed by atoms with E-state index in [0.29, 0.717) is 5.69 Å². The Hall–Kier alpha value is -2.24. The molecule has 0 spiro atoms. The van der Waals surface area contributed by atoms with Crippen LogP contribution >= 0.6 is 0 Å². The molecule has 2 rings (SSSR count). The van der Waals surface area contributed by atoms with Gasteiger partial charge < -0.3 is 9.15 Å². The average Bonchev–Trinajstić information content (AvgIpc) is 2.86. The van der Waals surface area contributed by atoms with Crippen molar-refractivity contribution in [1.29, 1.82) is 0 Å². The van der Waals surface area contributed by atoms with Gasteiger partial charge in [0.05, 0.1) is 12.7 Å². The van der Waals surface area contributed by atoms with Crippen molar-refractivity contribution < 1.29 is 22.7 Å². The Balaban J connectivity index is 2.64. The molecule has 0 saturated heterocycles. The molecular formula is C15H15F2NO3. The molecule has 4 nitrogen and oxygen atoms in total. The van der Waals surface area contributed by atoms with Crippen LogP contribution in [0.3, 0.4) is 0 Å². The van der Waals surface area contributed by atoms with Crippen molar-refractivity contribution in [3.63, 3.8) is 0 Å². The molecule has 0 radical (unpaired) electrons. The van der Waals surface area contributed by atoms with Crippen LogP contribution in [0.1, 0.15) is 37.0 Å². The van der Waals surface area contributed by atoms with Gasteiger partial charge in [-0.15, -0.1) is 0 Å². The number of hydrogen-bond acceptors (Lipinski definition) is 4. The van der Waals surface area contributed by atoms with Gasteiger partial charge in [-0.1, -0.05) is 26.8 Å². The number of carbonyl (C=O) groups is 1. The topological polar surface area (TPSA) is 52.3 Å². The van der Waals surface area contributed by atoms with Gasteiger partial charge in [0, 0.05) is 5.41 Å². The fraction of sp³-hybridized carbons (Fsp3) is 0.333. The summed E-state index contributed by atoms with van der Waals surface area (Å²) in [4.78, 5) is 15.9. The van der Waals surface area contributed by atoms with Gasteiger partial charge in [-0.05, 0) is 12.1 Å². The predicted octanol–water partition coefficient (Wildman–Crippen LogP) is 3.70. The summed E-state index contributed by atoms with van der Waals surface area (Å²) in [6, 6.07) is 3.66. The van der Waals surface area contributed by atoms with Gasteiger partial charge in [-0.25, -0.2) is 18.6 Å². The van der Waals surface area contributed by atoms with Gasteiger partial charge >= 0.3 is 5.97 Å². The maximum atomic E-state index is 13.8. The highest BCUT2D eigenvalue weighted by atomic mass is 19.2. The second-order valence-corrected chi connectivity index (χ2v) is 5.54. The lowest BCUT2D eigenvalue weighted by Crippen LogP contribution is -2.17. The van der Waals surface area contributed by atoms with Gasteiger partial charge in [0.15, 0.2) is 11.6 Å². The molecule has 0 fully saturated rings. The van der Waals surface area contributed by atoms with Crippen LogP contribution < -0.4 is 0 Å². The van der Waals surface area contributed by atoms with E-state index in [1.807, 2.05) is 20.8 Å². The number of halogens is 2. The van der Waals surface area contributed by atoms with E-state index in [0.717, 1.165) is 6.07 Å². The number of esters is 1. The lowest BCUT2D eigenvalue weighted by Gasteiger charge is -2.15. The molecule has 112 valence electrons. The highest BCUT2D eigenvalue weighted by Crippen LogP contribution is 2.32. The van der Waals surface area contributed by atoms with Gasteiger partial charge in [0.1, 0.15) is 5.69 Å². The third-order valence-electron chi connectivity index (χ3n) is 2.89. The fourth-order valence-corrected chi connectivity index (χ4v) is 1.84. The summed E-state index contributed by atoms with van der Waals surface area (Å²) in [5, 5.41) is 0. The SMILES string of the molecule is COC(=O)c1oc(-c2cccc(F)c2F)nc1C(C)(C)C. The highest BCUT2D eigenvalue weighted by molar-refractivity contribution is 5.88. The van der Waals surface area contributed by atoms with E-state index >= 15 is 0 Å². The number of methoxy groups -OCH3 is 1. The Bertz CT molecular complexity index is 687. The summed E-state index contributed by atoms with van der Waals surface area (Å²) in [5.41, 5.74) is -0.335. The molecule has 1 aromatic heterocycles. The molecule has 0 atom stereocenters. The van der Waals surface area contributed by atoms with Gasteiger partial charge in [0.25, 0.3) is 0 Å². The minimum Gasteiger partial charge on any atom is -0.463 e. The Kier molecular flexibility index (Phi) is 3.80. The Labute approximate surface area is 120 Å². The van der Waals surface area contributed by atoms with Gasteiger partial charge in [0.2, 0.25) is 11.7 Å². The number of carbonyl (C=O) groups excluding carboxylic acids is 1. The standard InChI is InChI=1S/C15H15F2NO3/c1-15(2,3)12-11(14(19)20-4)21-13(18-12)8-6-5-7-9(16)10(8)17/h5-7H,1-4H3. The van der Waals surface area contributed by atoms with Crippen molar-refractivity contribution in [2.24, 2.45) is 0 Å². The van der Waals surface area contributed by atoms with Crippen molar-refractivity contribution in [3.05, 3.63) is 41.3 Å². The van der Waals surface area contributed by atoms with Crippen LogP contribution in [0.25, 0.3) is 11.5 Å². The summed E-state index contributed by atoms with van der Waals surface area (Å²) in [7, 11) is 1.21.